The van der Waals surface area contributed by atoms with Crippen LogP contribution in [0.3, 0.4) is 0 Å². The zero-order valence-corrected chi connectivity index (χ0v) is 4.26. The van der Waals surface area contributed by atoms with Gasteiger partial charge in [0.1, 0.15) is 0 Å². The van der Waals surface area contributed by atoms with Crippen LogP contribution in [0.1, 0.15) is 12.8 Å². The minimum atomic E-state index is -0.236. The Bertz CT molecular complexity index is 119. The molecule has 0 heterocycles. The summed E-state index contributed by atoms with van der Waals surface area (Å²) in [7, 11) is 0. The van der Waals surface area contributed by atoms with E-state index in [-0.39, 0.29) is 11.8 Å². The molecule has 0 aromatic carbocycles. The topological polar surface area (TPSA) is 58.5 Å². The average molecular weight is 114 g/mol. The molecule has 0 saturated heterocycles. The lowest BCUT2D eigenvalue weighted by atomic mass is 10.4. The third-order valence-electron chi connectivity index (χ3n) is 1.10. The first kappa shape index (κ1) is 5.21. The first-order valence-electron chi connectivity index (χ1n) is 2.47. The van der Waals surface area contributed by atoms with Crippen LogP contribution >= 0.6 is 0 Å². The van der Waals surface area contributed by atoms with Crippen LogP contribution in [-0.2, 0) is 4.79 Å². The predicted molar refractivity (Wildman–Crippen MR) is 26.7 cm³/mol. The van der Waals surface area contributed by atoms with E-state index >= 15 is 0 Å². The van der Waals surface area contributed by atoms with Gasteiger partial charge in [-0.05, 0) is 12.8 Å². The van der Waals surface area contributed by atoms with Crippen LogP contribution in [0.5, 0.6) is 0 Å². The van der Waals surface area contributed by atoms with Crippen molar-refractivity contribution in [1.82, 2.24) is 5.43 Å². The van der Waals surface area contributed by atoms with Gasteiger partial charge in [-0.25, -0.2) is 5.43 Å². The number of carbonyl (C=O) groups excluding carboxylic acids is 1. The molecule has 0 unspecified atom stereocenters. The van der Waals surface area contributed by atoms with Gasteiger partial charge in [-0.15, -0.1) is 4.91 Å². The van der Waals surface area contributed by atoms with E-state index < -0.39 is 0 Å². The largest absolute Gasteiger partial charge is 0.273 e. The number of amides is 1. The first-order chi connectivity index (χ1) is 3.84. The second kappa shape index (κ2) is 1.90. The molecule has 1 aliphatic carbocycles. The fourth-order valence-electron chi connectivity index (χ4n) is 0.482. The van der Waals surface area contributed by atoms with Crippen molar-refractivity contribution in [3.8, 4) is 0 Å². The maximum atomic E-state index is 10.4. The summed E-state index contributed by atoms with van der Waals surface area (Å²) in [5, 5.41) is 2.25. The summed E-state index contributed by atoms with van der Waals surface area (Å²) in [6.07, 6.45) is 1.81. The molecular weight excluding hydrogens is 108 g/mol. The van der Waals surface area contributed by atoms with Gasteiger partial charge in [0.15, 0.2) is 0 Å². The number of carbonyl (C=O) groups is 1. The molecule has 0 aromatic rings. The molecule has 44 valence electrons. The molecule has 0 aliphatic heterocycles. The maximum absolute atomic E-state index is 10.4. The van der Waals surface area contributed by atoms with E-state index in [0.717, 1.165) is 12.8 Å². The van der Waals surface area contributed by atoms with Crippen LogP contribution in [0.15, 0.2) is 5.29 Å². The Morgan fingerprint density at radius 2 is 2.25 bits per heavy atom. The molecule has 1 saturated carbocycles. The van der Waals surface area contributed by atoms with Crippen molar-refractivity contribution in [2.45, 2.75) is 12.8 Å². The highest BCUT2D eigenvalue weighted by atomic mass is 16.3. The van der Waals surface area contributed by atoms with Gasteiger partial charge < -0.3 is 0 Å². The number of nitrogens with zero attached hydrogens (tertiary/aromatic N) is 1. The van der Waals surface area contributed by atoms with Crippen molar-refractivity contribution in [3.63, 3.8) is 0 Å². The highest BCUT2D eigenvalue weighted by molar-refractivity contribution is 5.80. The normalized spacial score (nSPS) is 17.5. The predicted octanol–water partition coefficient (Wildman–Crippen LogP) is 0.194. The van der Waals surface area contributed by atoms with Gasteiger partial charge in [-0.2, -0.15) is 0 Å². The van der Waals surface area contributed by atoms with Gasteiger partial charge >= 0.3 is 0 Å². The van der Waals surface area contributed by atoms with Gasteiger partial charge in [-0.1, -0.05) is 0 Å². The summed E-state index contributed by atoms with van der Waals surface area (Å²) >= 11 is 0. The molecule has 8 heavy (non-hydrogen) atoms. The number of hydrogen-bond donors (Lipinski definition) is 1. The molecule has 4 nitrogen and oxygen atoms in total. The third-order valence-corrected chi connectivity index (χ3v) is 1.10. The van der Waals surface area contributed by atoms with Gasteiger partial charge in [0, 0.05) is 5.92 Å². The van der Waals surface area contributed by atoms with Crippen LogP contribution < -0.4 is 5.43 Å². The Kier molecular flexibility index (Phi) is 1.24. The van der Waals surface area contributed by atoms with E-state index in [1.54, 1.807) is 0 Å². The Hall–Kier alpha value is -0.930. The summed E-state index contributed by atoms with van der Waals surface area (Å²) in [4.78, 5) is 19.8. The molecule has 4 heteroatoms. The minimum absolute atomic E-state index is 0.0766. The maximum Gasteiger partial charge on any atom is 0.245 e. The van der Waals surface area contributed by atoms with E-state index in [2.05, 4.69) is 5.29 Å². The SMILES string of the molecule is O=NNC(=O)C1CC1. The number of hydrogen-bond acceptors (Lipinski definition) is 3. The lowest BCUT2D eigenvalue weighted by Crippen LogP contribution is -2.17. The Morgan fingerprint density at radius 1 is 1.62 bits per heavy atom. The van der Waals surface area contributed by atoms with Gasteiger partial charge in [0.2, 0.25) is 5.91 Å². The molecule has 0 radical (unpaired) electrons. The monoisotopic (exact) mass is 114 g/mol. The molecule has 1 N–H and O–H groups in total. The molecule has 1 fully saturated rings. The Morgan fingerprint density at radius 3 is 2.62 bits per heavy atom. The molecule has 1 rings (SSSR count). The highest BCUT2D eigenvalue weighted by Crippen LogP contribution is 2.28. The Labute approximate surface area is 46.2 Å². The zero-order valence-electron chi connectivity index (χ0n) is 4.26. The van der Waals surface area contributed by atoms with Crippen LogP contribution in [0.25, 0.3) is 0 Å². The Balaban J connectivity index is 2.22. The second-order valence-electron chi connectivity index (χ2n) is 1.84. The van der Waals surface area contributed by atoms with Crippen molar-refractivity contribution in [2.75, 3.05) is 0 Å². The smallest absolute Gasteiger partial charge is 0.245 e. The summed E-state index contributed by atoms with van der Waals surface area (Å²) in [6.45, 7) is 0. The van der Waals surface area contributed by atoms with Crippen molar-refractivity contribution in [1.29, 1.82) is 0 Å². The summed E-state index contributed by atoms with van der Waals surface area (Å²) < 4.78 is 0. The van der Waals surface area contributed by atoms with Crippen LogP contribution in [0.2, 0.25) is 0 Å². The third kappa shape index (κ3) is 1.02. The fraction of sp³-hybridized carbons (Fsp3) is 0.750. The average Bonchev–Trinajstić information content (AvgIpc) is 2.45. The summed E-state index contributed by atoms with van der Waals surface area (Å²) in [5.74, 6) is -0.160. The van der Waals surface area contributed by atoms with Gasteiger partial charge in [-0.3, -0.25) is 4.79 Å². The zero-order chi connectivity index (χ0) is 5.98. The van der Waals surface area contributed by atoms with E-state index in [0.29, 0.717) is 0 Å². The summed E-state index contributed by atoms with van der Waals surface area (Å²) in [5.41, 5.74) is 1.84. The van der Waals surface area contributed by atoms with Crippen molar-refractivity contribution in [3.05, 3.63) is 4.91 Å². The van der Waals surface area contributed by atoms with Gasteiger partial charge in [0.05, 0.1) is 5.29 Å². The van der Waals surface area contributed by atoms with Crippen LogP contribution in [-0.4, -0.2) is 5.91 Å². The van der Waals surface area contributed by atoms with E-state index in [9.17, 15) is 9.70 Å². The van der Waals surface area contributed by atoms with Crippen LogP contribution in [0.4, 0.5) is 0 Å². The highest BCUT2D eigenvalue weighted by Gasteiger charge is 2.29. The molecular formula is C4H6N2O2. The quantitative estimate of drug-likeness (QED) is 0.411. The van der Waals surface area contributed by atoms with Crippen molar-refractivity contribution < 1.29 is 4.79 Å². The first-order valence-corrected chi connectivity index (χ1v) is 2.47. The second-order valence-corrected chi connectivity index (χ2v) is 1.84. The molecule has 0 aromatic heterocycles. The van der Waals surface area contributed by atoms with E-state index in [1.807, 2.05) is 5.43 Å². The van der Waals surface area contributed by atoms with E-state index in [4.69, 9.17) is 0 Å². The molecule has 0 atom stereocenters. The standard InChI is InChI=1S/C4H6N2O2/c7-4(5-6-8)3-1-2-3/h3H,1-2H2,(H,5,7,8). The number of rotatable bonds is 2. The van der Waals surface area contributed by atoms with Crippen molar-refractivity contribution in [2.24, 2.45) is 11.2 Å². The lowest BCUT2D eigenvalue weighted by molar-refractivity contribution is -0.122. The van der Waals surface area contributed by atoms with Gasteiger partial charge in [0.25, 0.3) is 0 Å². The van der Waals surface area contributed by atoms with Crippen LogP contribution in [0, 0.1) is 10.8 Å². The summed E-state index contributed by atoms with van der Waals surface area (Å²) in [6, 6.07) is 0. The number of nitrogens with one attached hydrogen (secondary N) is 1. The minimum Gasteiger partial charge on any atom is -0.273 e. The molecule has 1 amide bonds. The number of nitroso groups, excluding NO2 is 1. The lowest BCUT2D eigenvalue weighted by Gasteiger charge is -1.86. The van der Waals surface area contributed by atoms with E-state index in [1.165, 1.54) is 0 Å². The molecule has 0 bridgehead atoms. The fourth-order valence-corrected chi connectivity index (χ4v) is 0.482. The molecule has 1 aliphatic rings. The molecule has 0 spiro atoms. The van der Waals surface area contributed by atoms with Crippen molar-refractivity contribution >= 4 is 5.91 Å².